The molecule has 0 rings (SSSR count). The average Bonchev–Trinajstić information content (AvgIpc) is 2.46. The predicted molar refractivity (Wildman–Crippen MR) is 88.6 cm³/mol. The molecule has 0 atom stereocenters. The number of carboxylic acids is 3. The quantitative estimate of drug-likeness (QED) is 0.257. The number of carbonyl (C=O) groups excluding carboxylic acids is 6. The Morgan fingerprint density at radius 1 is 0.500 bits per heavy atom. The molecular weight excluding hydrogens is 416 g/mol. The molecule has 0 spiro atoms. The maximum absolute atomic E-state index is 10.4. The molecule has 0 aromatic carbocycles. The van der Waals surface area contributed by atoms with Gasteiger partial charge in [0, 0.05) is 56.4 Å². The molecule has 0 saturated heterocycles. The van der Waals surface area contributed by atoms with Gasteiger partial charge >= 0.3 is 17.1 Å². The van der Waals surface area contributed by atoms with E-state index in [1.165, 1.54) is 0 Å². The number of hydrogen-bond acceptors (Lipinski definition) is 9. The molecule has 0 aliphatic carbocycles. The fraction of sp³-hybridized carbons (Fsp3) is 0.667. The Balaban J connectivity index is -0.000000152. The average molecular weight is 443 g/mol. The van der Waals surface area contributed by atoms with Gasteiger partial charge in [-0.2, -0.15) is 0 Å². The summed E-state index contributed by atoms with van der Waals surface area (Å²) in [7, 11) is 0. The summed E-state index contributed by atoms with van der Waals surface area (Å²) in [6.45, 7) is 5.48. The molecule has 9 nitrogen and oxygen atoms in total. The maximum atomic E-state index is 10.4. The van der Waals surface area contributed by atoms with Crippen molar-refractivity contribution in [2.45, 2.75) is 78.6 Å². The van der Waals surface area contributed by atoms with Crippen LogP contribution < -0.4 is 15.3 Å². The molecule has 0 heterocycles. The van der Waals surface area contributed by atoms with Crippen molar-refractivity contribution in [3.8, 4) is 0 Å². The minimum absolute atomic E-state index is 0. The normalized spacial score (nSPS) is 8.68. The molecule has 0 saturated carbocycles. The summed E-state index contributed by atoms with van der Waals surface area (Å²) in [5, 5.41) is 29.3. The number of carbonyl (C=O) groups is 6. The van der Waals surface area contributed by atoms with E-state index in [-0.39, 0.29) is 34.4 Å². The van der Waals surface area contributed by atoms with E-state index in [0.717, 1.165) is 0 Å². The molecule has 0 aliphatic rings. The van der Waals surface area contributed by atoms with E-state index in [2.05, 4.69) is 0 Å². The zero-order valence-electron chi connectivity index (χ0n) is 16.4. The van der Waals surface area contributed by atoms with Crippen molar-refractivity contribution in [3.63, 3.8) is 0 Å². The molecule has 0 aromatic heterocycles. The van der Waals surface area contributed by atoms with E-state index >= 15 is 0 Å². The van der Waals surface area contributed by atoms with Crippen molar-refractivity contribution < 1.29 is 61.2 Å². The Kier molecular flexibility index (Phi) is 27.5. The first-order valence-electron chi connectivity index (χ1n) is 8.64. The summed E-state index contributed by atoms with van der Waals surface area (Å²) in [5.41, 5.74) is 0. The monoisotopic (exact) mass is 443 g/mol. The van der Waals surface area contributed by atoms with E-state index < -0.39 is 37.2 Å². The van der Waals surface area contributed by atoms with Crippen molar-refractivity contribution in [2.75, 3.05) is 0 Å². The summed E-state index contributed by atoms with van der Waals surface area (Å²) in [6, 6.07) is 0. The van der Waals surface area contributed by atoms with Gasteiger partial charge in [0.15, 0.2) is 0 Å². The zero-order valence-corrected chi connectivity index (χ0v) is 17.5. The number of rotatable bonds is 12. The SMILES string of the molecule is CCCC(=O)CC(=O)[O-].CCCC(=O)CC(=O)[O-].CCCC(=O)CC(=O)[O-].[Fe+3]. The first kappa shape index (κ1) is 33.5. The van der Waals surface area contributed by atoms with Gasteiger partial charge < -0.3 is 29.7 Å². The minimum Gasteiger partial charge on any atom is -0.550 e. The fourth-order valence-corrected chi connectivity index (χ4v) is 1.58. The first-order valence-corrected chi connectivity index (χ1v) is 8.64. The van der Waals surface area contributed by atoms with Crippen molar-refractivity contribution in [1.29, 1.82) is 0 Å². The van der Waals surface area contributed by atoms with Crippen LogP contribution in [0.25, 0.3) is 0 Å². The number of hydrogen-bond donors (Lipinski definition) is 0. The van der Waals surface area contributed by atoms with Gasteiger partial charge in [-0.05, 0) is 19.3 Å². The molecule has 0 bridgehead atoms. The number of Topliss-reactive ketones (excluding diaryl/α,β-unsaturated/α-hetero) is 3. The standard InChI is InChI=1S/3C6H10O3.Fe/c3*1-2-3-5(7)4-6(8)9;/h3*2-4H2,1H3,(H,8,9);/q;;;+3/p-3. The van der Waals surface area contributed by atoms with Crippen LogP contribution in [0.3, 0.4) is 0 Å². The third-order valence-corrected chi connectivity index (χ3v) is 2.61. The van der Waals surface area contributed by atoms with Crippen LogP contribution in [-0.2, 0) is 45.8 Å². The van der Waals surface area contributed by atoms with Crippen LogP contribution in [0, 0.1) is 0 Å². The van der Waals surface area contributed by atoms with Crippen LogP contribution in [0.15, 0.2) is 0 Å². The van der Waals surface area contributed by atoms with Crippen LogP contribution in [0.5, 0.6) is 0 Å². The van der Waals surface area contributed by atoms with Crippen molar-refractivity contribution in [3.05, 3.63) is 0 Å². The fourth-order valence-electron chi connectivity index (χ4n) is 1.58. The maximum Gasteiger partial charge on any atom is 3.00 e. The molecule has 10 heteroatoms. The van der Waals surface area contributed by atoms with Crippen LogP contribution in [0.1, 0.15) is 78.6 Å². The zero-order chi connectivity index (χ0) is 21.8. The second-order valence-electron chi connectivity index (χ2n) is 5.51. The van der Waals surface area contributed by atoms with E-state index in [1.807, 2.05) is 20.8 Å². The summed E-state index contributed by atoms with van der Waals surface area (Å²) >= 11 is 0. The molecule has 0 fully saturated rings. The Morgan fingerprint density at radius 2 is 0.679 bits per heavy atom. The molecular formula is C18H27FeO9. The van der Waals surface area contributed by atoms with E-state index in [0.29, 0.717) is 38.5 Å². The third-order valence-electron chi connectivity index (χ3n) is 2.61. The smallest absolute Gasteiger partial charge is 0.550 e. The first-order chi connectivity index (χ1) is 12.5. The number of aliphatic carboxylic acids is 3. The van der Waals surface area contributed by atoms with E-state index in [9.17, 15) is 44.1 Å². The summed E-state index contributed by atoms with van der Waals surface area (Å²) in [4.78, 5) is 60.6. The van der Waals surface area contributed by atoms with Gasteiger partial charge in [0.25, 0.3) is 0 Å². The third kappa shape index (κ3) is 35.1. The predicted octanol–water partition coefficient (Wildman–Crippen LogP) is -1.52. The Hall–Kier alpha value is -2.06. The van der Waals surface area contributed by atoms with Gasteiger partial charge in [-0.25, -0.2) is 0 Å². The molecule has 0 amide bonds. The van der Waals surface area contributed by atoms with Crippen molar-refractivity contribution in [1.82, 2.24) is 0 Å². The largest absolute Gasteiger partial charge is 3.00 e. The minimum atomic E-state index is -1.28. The topological polar surface area (TPSA) is 172 Å². The molecule has 0 N–H and O–H groups in total. The second kappa shape index (κ2) is 23.0. The summed E-state index contributed by atoms with van der Waals surface area (Å²) < 4.78 is 0. The van der Waals surface area contributed by atoms with Gasteiger partial charge in [0.2, 0.25) is 0 Å². The van der Waals surface area contributed by atoms with E-state index in [1.54, 1.807) is 0 Å². The Labute approximate surface area is 175 Å². The molecule has 0 aliphatic heterocycles. The van der Waals surface area contributed by atoms with Gasteiger partial charge in [0.05, 0.1) is 0 Å². The molecule has 1 radical (unpaired) electrons. The summed E-state index contributed by atoms with van der Waals surface area (Å²) in [6.07, 6.45) is 1.82. The van der Waals surface area contributed by atoms with Crippen LogP contribution in [0.2, 0.25) is 0 Å². The van der Waals surface area contributed by atoms with Gasteiger partial charge in [-0.3, -0.25) is 14.4 Å². The molecule has 0 aromatic rings. The number of ketones is 3. The van der Waals surface area contributed by atoms with Gasteiger partial charge in [-0.15, -0.1) is 0 Å². The molecule has 28 heavy (non-hydrogen) atoms. The van der Waals surface area contributed by atoms with Crippen LogP contribution in [0.4, 0.5) is 0 Å². The number of carboxylic acid groups (broad SMARTS) is 3. The van der Waals surface area contributed by atoms with Crippen molar-refractivity contribution in [2.24, 2.45) is 0 Å². The second-order valence-corrected chi connectivity index (χ2v) is 5.51. The Morgan fingerprint density at radius 3 is 0.786 bits per heavy atom. The summed E-state index contributed by atoms with van der Waals surface area (Å²) in [5.74, 6) is -4.61. The van der Waals surface area contributed by atoms with Crippen LogP contribution >= 0.6 is 0 Å². The van der Waals surface area contributed by atoms with Crippen LogP contribution in [-0.4, -0.2) is 35.3 Å². The van der Waals surface area contributed by atoms with Gasteiger partial charge in [-0.1, -0.05) is 20.8 Å². The molecule has 0 unspecified atom stereocenters. The molecule has 161 valence electrons. The van der Waals surface area contributed by atoms with Crippen molar-refractivity contribution >= 4 is 35.3 Å². The van der Waals surface area contributed by atoms with Gasteiger partial charge in [0.1, 0.15) is 17.3 Å². The Bertz CT molecular complexity index is 430. The van der Waals surface area contributed by atoms with E-state index in [4.69, 9.17) is 0 Å².